The van der Waals surface area contributed by atoms with E-state index in [-0.39, 0.29) is 6.04 Å². The molecule has 0 aliphatic carbocycles. The lowest BCUT2D eigenvalue weighted by Crippen LogP contribution is -2.35. The second-order valence-electron chi connectivity index (χ2n) is 4.22. The molecule has 1 fully saturated rings. The monoisotopic (exact) mass is 317 g/mol. The van der Waals surface area contributed by atoms with Crippen LogP contribution in [0, 0.1) is 0 Å². The number of carbonyl (C=O) groups is 1. The van der Waals surface area contributed by atoms with Gasteiger partial charge < -0.3 is 5.11 Å². The highest BCUT2D eigenvalue weighted by Crippen LogP contribution is 2.26. The molecule has 5 heteroatoms. The first-order valence-electron chi connectivity index (χ1n) is 5.48. The summed E-state index contributed by atoms with van der Waals surface area (Å²) >= 11 is 9.29. The van der Waals surface area contributed by atoms with Gasteiger partial charge in [0.1, 0.15) is 6.04 Å². The number of benzene rings is 1. The van der Waals surface area contributed by atoms with Crippen LogP contribution >= 0.6 is 27.5 Å². The van der Waals surface area contributed by atoms with Crippen LogP contribution in [0.1, 0.15) is 18.4 Å². The smallest absolute Gasteiger partial charge is 0.320 e. The maximum absolute atomic E-state index is 11.1. The van der Waals surface area contributed by atoms with E-state index in [9.17, 15) is 4.79 Å². The Morgan fingerprint density at radius 1 is 1.59 bits per heavy atom. The molecule has 3 nitrogen and oxygen atoms in total. The van der Waals surface area contributed by atoms with Crippen molar-refractivity contribution in [3.8, 4) is 0 Å². The molecule has 0 aromatic heterocycles. The highest BCUT2D eigenvalue weighted by molar-refractivity contribution is 9.10. The minimum Gasteiger partial charge on any atom is -0.480 e. The summed E-state index contributed by atoms with van der Waals surface area (Å²) in [5, 5.41) is 9.76. The number of carboxylic acid groups (broad SMARTS) is 1. The van der Waals surface area contributed by atoms with E-state index in [1.54, 1.807) is 0 Å². The summed E-state index contributed by atoms with van der Waals surface area (Å²) in [5.41, 5.74) is 1.08. The Hall–Kier alpha value is -0.580. The fourth-order valence-corrected chi connectivity index (χ4v) is 2.71. The number of carboxylic acids is 1. The maximum atomic E-state index is 11.1. The van der Waals surface area contributed by atoms with Gasteiger partial charge in [0.15, 0.2) is 0 Å². The Morgan fingerprint density at radius 2 is 2.35 bits per heavy atom. The van der Waals surface area contributed by atoms with E-state index >= 15 is 0 Å². The molecule has 0 spiro atoms. The first-order chi connectivity index (χ1) is 8.08. The summed E-state index contributed by atoms with van der Waals surface area (Å²) in [7, 11) is 0. The predicted molar refractivity (Wildman–Crippen MR) is 70.2 cm³/mol. The van der Waals surface area contributed by atoms with Crippen molar-refractivity contribution in [1.82, 2.24) is 4.90 Å². The van der Waals surface area contributed by atoms with Crippen LogP contribution in [0.25, 0.3) is 0 Å². The molecule has 1 saturated heterocycles. The predicted octanol–water partition coefficient (Wildman–Crippen LogP) is 3.15. The average molecular weight is 319 g/mol. The fourth-order valence-electron chi connectivity index (χ4n) is 2.17. The van der Waals surface area contributed by atoms with Gasteiger partial charge in [-0.05, 0) is 53.0 Å². The van der Waals surface area contributed by atoms with Gasteiger partial charge in [0.2, 0.25) is 0 Å². The molecule has 0 bridgehead atoms. The number of halogens is 2. The standard InChI is InChI=1S/C12H13BrClNO2/c13-9-6-8(3-4-10(9)14)7-15-5-1-2-11(15)12(16)17/h3-4,6,11H,1-2,5,7H2,(H,16,17)/t11-/m1/s1. The Labute approximate surface area is 114 Å². The Morgan fingerprint density at radius 3 is 3.00 bits per heavy atom. The topological polar surface area (TPSA) is 40.5 Å². The summed E-state index contributed by atoms with van der Waals surface area (Å²) in [4.78, 5) is 13.0. The summed E-state index contributed by atoms with van der Waals surface area (Å²) in [6.45, 7) is 1.50. The van der Waals surface area contributed by atoms with Gasteiger partial charge in [0, 0.05) is 11.0 Å². The van der Waals surface area contributed by atoms with Crippen molar-refractivity contribution in [3.63, 3.8) is 0 Å². The van der Waals surface area contributed by atoms with Crippen LogP contribution in [-0.2, 0) is 11.3 Å². The fraction of sp³-hybridized carbons (Fsp3) is 0.417. The van der Waals surface area contributed by atoms with Crippen LogP contribution in [-0.4, -0.2) is 28.6 Å². The van der Waals surface area contributed by atoms with Gasteiger partial charge in [-0.2, -0.15) is 0 Å². The van der Waals surface area contributed by atoms with Gasteiger partial charge in [-0.3, -0.25) is 9.69 Å². The van der Waals surface area contributed by atoms with Gasteiger partial charge >= 0.3 is 5.97 Å². The minimum atomic E-state index is -0.726. The van der Waals surface area contributed by atoms with Crippen molar-refractivity contribution in [2.24, 2.45) is 0 Å². The highest BCUT2D eigenvalue weighted by atomic mass is 79.9. The van der Waals surface area contributed by atoms with Crippen molar-refractivity contribution in [3.05, 3.63) is 33.3 Å². The maximum Gasteiger partial charge on any atom is 0.320 e. The van der Waals surface area contributed by atoms with Crippen molar-refractivity contribution in [2.45, 2.75) is 25.4 Å². The van der Waals surface area contributed by atoms with E-state index in [0.717, 1.165) is 29.4 Å². The van der Waals surface area contributed by atoms with Gasteiger partial charge in [-0.15, -0.1) is 0 Å². The highest BCUT2D eigenvalue weighted by Gasteiger charge is 2.30. The SMILES string of the molecule is O=C(O)[C@H]1CCCN1Cc1ccc(Cl)c(Br)c1. The van der Waals surface area contributed by atoms with E-state index < -0.39 is 5.97 Å². The lowest BCUT2D eigenvalue weighted by molar-refractivity contribution is -0.142. The molecule has 1 atom stereocenters. The molecule has 1 aliphatic heterocycles. The van der Waals surface area contributed by atoms with Gasteiger partial charge in [-0.1, -0.05) is 17.7 Å². The lowest BCUT2D eigenvalue weighted by Gasteiger charge is -2.21. The number of hydrogen-bond acceptors (Lipinski definition) is 2. The van der Waals surface area contributed by atoms with E-state index in [4.69, 9.17) is 16.7 Å². The molecule has 0 amide bonds. The summed E-state index contributed by atoms with van der Waals surface area (Å²) in [6, 6.07) is 5.36. The molecule has 0 unspecified atom stereocenters. The first kappa shape index (κ1) is 12.9. The molecule has 2 rings (SSSR count). The van der Waals surface area contributed by atoms with E-state index in [1.165, 1.54) is 0 Å². The van der Waals surface area contributed by atoms with Crippen molar-refractivity contribution >= 4 is 33.5 Å². The zero-order valence-corrected chi connectivity index (χ0v) is 11.5. The third-order valence-corrected chi connectivity index (χ3v) is 4.23. The summed E-state index contributed by atoms with van der Waals surface area (Å²) in [6.07, 6.45) is 1.69. The zero-order valence-electron chi connectivity index (χ0n) is 9.20. The molecule has 0 radical (unpaired) electrons. The van der Waals surface area contributed by atoms with Gasteiger partial charge in [-0.25, -0.2) is 0 Å². The number of hydrogen-bond donors (Lipinski definition) is 1. The van der Waals surface area contributed by atoms with Gasteiger partial charge in [0.25, 0.3) is 0 Å². The minimum absolute atomic E-state index is 0.343. The zero-order chi connectivity index (χ0) is 12.4. The van der Waals surface area contributed by atoms with Crippen LogP contribution in [0.4, 0.5) is 0 Å². The second kappa shape index (κ2) is 5.38. The largest absolute Gasteiger partial charge is 0.480 e. The Bertz CT molecular complexity index is 439. The van der Waals surface area contributed by atoms with E-state index in [0.29, 0.717) is 11.6 Å². The number of nitrogens with zero attached hydrogens (tertiary/aromatic N) is 1. The molecule has 0 saturated carbocycles. The molecule has 1 N–H and O–H groups in total. The molecule has 17 heavy (non-hydrogen) atoms. The number of rotatable bonds is 3. The Kier molecular flexibility index (Phi) is 4.07. The Balaban J connectivity index is 2.09. The molecule has 1 heterocycles. The van der Waals surface area contributed by atoms with Crippen LogP contribution in [0.15, 0.2) is 22.7 Å². The third-order valence-electron chi connectivity index (χ3n) is 3.02. The lowest BCUT2D eigenvalue weighted by atomic mass is 10.2. The van der Waals surface area contributed by atoms with Crippen LogP contribution in [0.2, 0.25) is 5.02 Å². The van der Waals surface area contributed by atoms with E-state index in [1.807, 2.05) is 23.1 Å². The third kappa shape index (κ3) is 3.00. The van der Waals surface area contributed by atoms with Gasteiger partial charge in [0.05, 0.1) is 5.02 Å². The van der Waals surface area contributed by atoms with Crippen LogP contribution in [0.3, 0.4) is 0 Å². The van der Waals surface area contributed by atoms with Crippen molar-refractivity contribution in [2.75, 3.05) is 6.54 Å². The molecule has 92 valence electrons. The quantitative estimate of drug-likeness (QED) is 0.930. The summed E-state index contributed by atoms with van der Waals surface area (Å²) < 4.78 is 0.850. The second-order valence-corrected chi connectivity index (χ2v) is 5.48. The molecular weight excluding hydrogens is 305 g/mol. The normalized spacial score (nSPS) is 20.7. The average Bonchev–Trinajstić information content (AvgIpc) is 2.72. The molecule has 1 aromatic carbocycles. The summed E-state index contributed by atoms with van der Waals surface area (Å²) in [5.74, 6) is -0.726. The van der Waals surface area contributed by atoms with Crippen LogP contribution < -0.4 is 0 Å². The first-order valence-corrected chi connectivity index (χ1v) is 6.66. The van der Waals surface area contributed by atoms with Crippen molar-refractivity contribution in [1.29, 1.82) is 0 Å². The molecule has 1 aromatic rings. The molecule has 1 aliphatic rings. The number of likely N-dealkylation sites (tertiary alicyclic amines) is 1. The van der Waals surface area contributed by atoms with E-state index in [2.05, 4.69) is 15.9 Å². The van der Waals surface area contributed by atoms with Crippen LogP contribution in [0.5, 0.6) is 0 Å². The number of aliphatic carboxylic acids is 1. The van der Waals surface area contributed by atoms with Crippen molar-refractivity contribution < 1.29 is 9.90 Å². The molecular formula is C12H13BrClNO2.